The van der Waals surface area contributed by atoms with Crippen LogP contribution in [0.15, 0.2) is 59.7 Å². The molecule has 10 heteroatoms. The van der Waals surface area contributed by atoms with Gasteiger partial charge in [0.2, 0.25) is 21.8 Å². The summed E-state index contributed by atoms with van der Waals surface area (Å²) < 4.78 is 34.6. The van der Waals surface area contributed by atoms with Crippen LogP contribution in [0.25, 0.3) is 0 Å². The number of para-hydroxylation sites is 1. The van der Waals surface area contributed by atoms with E-state index in [9.17, 15) is 4.79 Å². The summed E-state index contributed by atoms with van der Waals surface area (Å²) in [6.07, 6.45) is 0. The highest BCUT2D eigenvalue weighted by Gasteiger charge is 2.38. The van der Waals surface area contributed by atoms with Crippen molar-refractivity contribution in [2.24, 2.45) is 5.10 Å². The van der Waals surface area contributed by atoms with E-state index in [0.717, 1.165) is 22.7 Å². The molecule has 1 aliphatic heterocycles. The molecule has 148 valence electrons. The first-order valence-corrected chi connectivity index (χ1v) is 9.84. The van der Waals surface area contributed by atoms with Crippen molar-refractivity contribution in [3.63, 3.8) is 0 Å². The standard InChI is InChI=1S/C18H16ClN3O.H2O4S/c1-12-16(19)17(22(21-12)13-8-4-3-5-9-13)14-10-6-7-11-15(14)18(23)20-2;1-5(2,3)4/h3-11,16H,1-2H3;(H2,1,2,3,4). The molecule has 8 nitrogen and oxygen atoms in total. The van der Waals surface area contributed by atoms with E-state index in [4.69, 9.17) is 29.1 Å². The summed E-state index contributed by atoms with van der Waals surface area (Å²) in [6, 6.07) is 17.2. The number of hydrazone groups is 1. The molecule has 0 spiro atoms. The molecule has 1 amide bonds. The molecule has 0 aliphatic carbocycles. The van der Waals surface area contributed by atoms with E-state index in [2.05, 4.69) is 10.4 Å². The van der Waals surface area contributed by atoms with Gasteiger partial charge in [-0.15, -0.1) is 11.6 Å². The van der Waals surface area contributed by atoms with Crippen LogP contribution in [0.5, 0.6) is 0 Å². The third kappa shape index (κ3) is 5.46. The van der Waals surface area contributed by atoms with Gasteiger partial charge < -0.3 is 9.87 Å². The maximum absolute atomic E-state index is 12.2. The molecular weight excluding hydrogens is 406 g/mol. The SMILES string of the molecule is CNC(=O)c1ccccc1C1=[N+](c2ccccc2)N=C(C)C1Cl.O=S(=O)([O-])O. The minimum absolute atomic E-state index is 0.144. The molecular formula is C18H18ClN3O5S. The second-order valence-corrected chi connectivity index (χ2v) is 6.98. The Morgan fingerprint density at radius 1 is 1.18 bits per heavy atom. The molecule has 2 aromatic rings. The lowest BCUT2D eigenvalue weighted by Crippen LogP contribution is -2.27. The molecule has 1 unspecified atom stereocenters. The highest BCUT2D eigenvalue weighted by Crippen LogP contribution is 2.25. The van der Waals surface area contributed by atoms with Crippen molar-refractivity contribution in [3.8, 4) is 0 Å². The van der Waals surface area contributed by atoms with E-state index in [1.165, 1.54) is 0 Å². The van der Waals surface area contributed by atoms with Crippen LogP contribution in [-0.2, 0) is 10.4 Å². The monoisotopic (exact) mass is 423 g/mol. The molecule has 0 saturated heterocycles. The fourth-order valence-corrected chi connectivity index (χ4v) is 2.88. The molecule has 0 bridgehead atoms. The minimum atomic E-state index is -4.92. The van der Waals surface area contributed by atoms with Gasteiger partial charge in [-0.1, -0.05) is 30.3 Å². The Bertz CT molecular complexity index is 1030. The van der Waals surface area contributed by atoms with Gasteiger partial charge in [0.15, 0.2) is 5.38 Å². The molecule has 0 fully saturated rings. The molecule has 2 N–H and O–H groups in total. The average molecular weight is 424 g/mol. The van der Waals surface area contributed by atoms with E-state index in [1.54, 1.807) is 13.1 Å². The second-order valence-electron chi connectivity index (χ2n) is 5.69. The van der Waals surface area contributed by atoms with Crippen molar-refractivity contribution in [2.45, 2.75) is 12.3 Å². The summed E-state index contributed by atoms with van der Waals surface area (Å²) in [4.78, 5) is 12.2. The van der Waals surface area contributed by atoms with Crippen molar-refractivity contribution in [2.75, 3.05) is 7.05 Å². The van der Waals surface area contributed by atoms with Gasteiger partial charge >= 0.3 is 0 Å². The average Bonchev–Trinajstić information content (AvgIpc) is 2.95. The van der Waals surface area contributed by atoms with Crippen molar-refractivity contribution in [1.29, 1.82) is 0 Å². The van der Waals surface area contributed by atoms with Crippen LogP contribution < -0.4 is 5.32 Å². The molecule has 0 radical (unpaired) electrons. The second kappa shape index (κ2) is 9.07. The molecule has 1 heterocycles. The maximum Gasteiger partial charge on any atom is 0.251 e. The number of hydrogen-bond donors (Lipinski definition) is 2. The first-order valence-electron chi connectivity index (χ1n) is 8.04. The van der Waals surface area contributed by atoms with Crippen molar-refractivity contribution in [1.82, 2.24) is 5.32 Å². The Hall–Kier alpha value is -2.59. The van der Waals surface area contributed by atoms with Crippen LogP contribution in [0, 0.1) is 0 Å². The number of alkyl halides is 1. The third-order valence-electron chi connectivity index (χ3n) is 3.77. The Kier molecular flexibility index (Phi) is 7.03. The third-order valence-corrected chi connectivity index (χ3v) is 4.29. The van der Waals surface area contributed by atoms with Gasteiger partial charge in [0.05, 0.1) is 11.1 Å². The van der Waals surface area contributed by atoms with E-state index in [1.807, 2.05) is 60.1 Å². The first-order chi connectivity index (χ1) is 13.1. The van der Waals surface area contributed by atoms with E-state index >= 15 is 0 Å². The van der Waals surface area contributed by atoms with Crippen molar-refractivity contribution < 1.29 is 27.0 Å². The van der Waals surface area contributed by atoms with Gasteiger partial charge in [-0.05, 0) is 28.8 Å². The first kappa shape index (κ1) is 21.7. The topological polar surface area (TPSA) is 122 Å². The number of carbonyl (C=O) groups is 1. The van der Waals surface area contributed by atoms with Crippen molar-refractivity contribution >= 4 is 45.0 Å². The van der Waals surface area contributed by atoms with Crippen LogP contribution in [0.2, 0.25) is 0 Å². The maximum atomic E-state index is 12.2. The summed E-state index contributed by atoms with van der Waals surface area (Å²) >= 11 is 6.59. The molecule has 2 aromatic carbocycles. The van der Waals surface area contributed by atoms with E-state index < -0.39 is 10.4 Å². The summed E-state index contributed by atoms with van der Waals surface area (Å²) in [6.45, 7) is 1.89. The normalized spacial score (nSPS) is 16.2. The van der Waals surface area contributed by atoms with Crippen LogP contribution in [0.4, 0.5) is 5.69 Å². The lowest BCUT2D eigenvalue weighted by molar-refractivity contribution is -0.441. The number of nitrogens with one attached hydrogen (secondary N) is 1. The smallest absolute Gasteiger partial charge is 0.251 e. The van der Waals surface area contributed by atoms with Crippen molar-refractivity contribution in [3.05, 3.63) is 65.7 Å². The van der Waals surface area contributed by atoms with Crippen LogP contribution >= 0.6 is 11.6 Å². The number of nitrogens with zero attached hydrogens (tertiary/aromatic N) is 2. The van der Waals surface area contributed by atoms with Gasteiger partial charge in [0.1, 0.15) is 5.71 Å². The van der Waals surface area contributed by atoms with E-state index in [-0.39, 0.29) is 11.3 Å². The summed E-state index contributed by atoms with van der Waals surface area (Å²) in [5, 5.41) is 6.87. The quantitative estimate of drug-likeness (QED) is 0.339. The molecule has 28 heavy (non-hydrogen) atoms. The van der Waals surface area contributed by atoms with Crippen LogP contribution in [0.3, 0.4) is 0 Å². The van der Waals surface area contributed by atoms with Gasteiger partial charge in [-0.3, -0.25) is 9.35 Å². The Morgan fingerprint density at radius 3 is 2.29 bits per heavy atom. The molecule has 0 saturated carbocycles. The van der Waals surface area contributed by atoms with E-state index in [0.29, 0.717) is 5.56 Å². The zero-order chi connectivity index (χ0) is 20.9. The summed E-state index contributed by atoms with van der Waals surface area (Å²) in [7, 11) is -3.30. The number of benzene rings is 2. The number of amides is 1. The highest BCUT2D eigenvalue weighted by atomic mass is 35.5. The molecule has 0 aromatic heterocycles. The summed E-state index contributed by atoms with van der Waals surface area (Å²) in [5.41, 5.74) is 3.89. The number of carbonyl (C=O) groups excluding carboxylic acids is 1. The van der Waals surface area contributed by atoms with Gasteiger partial charge in [0, 0.05) is 19.2 Å². The Balaban J connectivity index is 0.000000500. The lowest BCUT2D eigenvalue weighted by atomic mass is 9.98. The predicted octanol–water partition coefficient (Wildman–Crippen LogP) is 2.18. The van der Waals surface area contributed by atoms with Gasteiger partial charge in [-0.25, -0.2) is 8.42 Å². The lowest BCUT2D eigenvalue weighted by Gasteiger charge is -2.08. The fourth-order valence-electron chi connectivity index (χ4n) is 2.62. The zero-order valence-electron chi connectivity index (χ0n) is 15.0. The Morgan fingerprint density at radius 2 is 1.71 bits per heavy atom. The van der Waals surface area contributed by atoms with Crippen LogP contribution in [0.1, 0.15) is 22.8 Å². The van der Waals surface area contributed by atoms with Gasteiger partial charge in [-0.2, -0.15) is 0 Å². The van der Waals surface area contributed by atoms with Crippen LogP contribution in [-0.4, -0.2) is 52.0 Å². The molecule has 3 rings (SSSR count). The fraction of sp³-hybridized carbons (Fsp3) is 0.167. The van der Waals surface area contributed by atoms with Gasteiger partial charge in [0.25, 0.3) is 5.91 Å². The number of halogens is 1. The molecule has 1 aliphatic rings. The summed E-state index contributed by atoms with van der Waals surface area (Å²) in [5.74, 6) is -0.144. The highest BCUT2D eigenvalue weighted by molar-refractivity contribution is 7.79. The minimum Gasteiger partial charge on any atom is -0.726 e. The molecule has 1 atom stereocenters. The number of rotatable bonds is 3. The largest absolute Gasteiger partial charge is 0.726 e. The predicted molar refractivity (Wildman–Crippen MR) is 105 cm³/mol. The number of hydrogen-bond acceptors (Lipinski definition) is 5. The Labute approximate surface area is 167 Å². The zero-order valence-corrected chi connectivity index (χ0v) is 16.6.